The van der Waals surface area contributed by atoms with Crippen molar-refractivity contribution in [2.75, 3.05) is 0 Å². The lowest BCUT2D eigenvalue weighted by atomic mass is 10.1. The summed E-state index contributed by atoms with van der Waals surface area (Å²) in [6, 6.07) is 9.55. The third-order valence-corrected chi connectivity index (χ3v) is 3.39. The van der Waals surface area contributed by atoms with E-state index in [-0.39, 0.29) is 22.1 Å². The Bertz CT molecular complexity index is 867. The van der Waals surface area contributed by atoms with Gasteiger partial charge in [-0.1, -0.05) is 29.8 Å². The molecule has 3 rings (SSSR count). The molecule has 20 heavy (non-hydrogen) atoms. The van der Waals surface area contributed by atoms with E-state index < -0.39 is 5.75 Å². The van der Waals surface area contributed by atoms with E-state index in [9.17, 15) is 15.0 Å². The lowest BCUT2D eigenvalue weighted by Crippen LogP contribution is -2.05. The van der Waals surface area contributed by atoms with Gasteiger partial charge in [0.25, 0.3) is 0 Å². The Balaban J connectivity index is 2.36. The maximum Gasteiger partial charge on any atom is 0.201 e. The molecule has 100 valence electrons. The molecule has 1 aromatic heterocycles. The number of rotatable bonds is 1. The number of halogens is 1. The van der Waals surface area contributed by atoms with Gasteiger partial charge >= 0.3 is 0 Å². The van der Waals surface area contributed by atoms with Crippen molar-refractivity contribution in [2.45, 2.75) is 0 Å². The minimum atomic E-state index is -0.453. The van der Waals surface area contributed by atoms with Gasteiger partial charge < -0.3 is 14.6 Å². The zero-order valence-corrected chi connectivity index (χ0v) is 10.9. The van der Waals surface area contributed by atoms with Crippen molar-refractivity contribution in [3.63, 3.8) is 0 Å². The van der Waals surface area contributed by atoms with Crippen LogP contribution in [0.25, 0.3) is 22.1 Å². The highest BCUT2D eigenvalue weighted by molar-refractivity contribution is 6.33. The lowest BCUT2D eigenvalue weighted by molar-refractivity contribution is 0.399. The zero-order chi connectivity index (χ0) is 14.3. The fourth-order valence-electron chi connectivity index (χ4n) is 2.04. The van der Waals surface area contributed by atoms with Crippen LogP contribution in [0.15, 0.2) is 51.9 Å². The van der Waals surface area contributed by atoms with E-state index in [1.165, 1.54) is 18.4 Å². The van der Waals surface area contributed by atoms with Crippen LogP contribution in [0.3, 0.4) is 0 Å². The van der Waals surface area contributed by atoms with Crippen LogP contribution in [0.4, 0.5) is 0 Å². The minimum Gasteiger partial charge on any atom is -0.504 e. The third-order valence-electron chi connectivity index (χ3n) is 3.06. The first-order valence-corrected chi connectivity index (χ1v) is 6.18. The van der Waals surface area contributed by atoms with Gasteiger partial charge in [0, 0.05) is 10.6 Å². The number of hydrogen-bond acceptors (Lipinski definition) is 4. The van der Waals surface area contributed by atoms with E-state index in [1.54, 1.807) is 24.3 Å². The summed E-state index contributed by atoms with van der Waals surface area (Å²) in [7, 11) is 0. The predicted molar refractivity (Wildman–Crippen MR) is 76.3 cm³/mol. The molecule has 0 aliphatic rings. The molecule has 5 heteroatoms. The monoisotopic (exact) mass is 288 g/mol. The Morgan fingerprint density at radius 2 is 1.75 bits per heavy atom. The highest BCUT2D eigenvalue weighted by atomic mass is 35.5. The second kappa shape index (κ2) is 4.58. The number of benzene rings is 2. The van der Waals surface area contributed by atoms with E-state index in [0.29, 0.717) is 16.1 Å². The number of aromatic hydroxyl groups is 2. The Labute approximate surface area is 118 Å². The van der Waals surface area contributed by atoms with Gasteiger partial charge in [-0.15, -0.1) is 0 Å². The molecule has 1 heterocycles. The molecular weight excluding hydrogens is 280 g/mol. The van der Waals surface area contributed by atoms with Crippen LogP contribution >= 0.6 is 11.6 Å². The topological polar surface area (TPSA) is 70.7 Å². The van der Waals surface area contributed by atoms with E-state index in [0.717, 1.165) is 0 Å². The highest BCUT2D eigenvalue weighted by Gasteiger charge is 2.15. The van der Waals surface area contributed by atoms with Crippen LogP contribution in [-0.4, -0.2) is 10.2 Å². The molecule has 0 radical (unpaired) electrons. The molecule has 0 saturated carbocycles. The molecule has 0 amide bonds. The SMILES string of the molecule is O=c1c(-c2ccccc2Cl)coc2c(O)c(O)ccc12. The Morgan fingerprint density at radius 3 is 2.50 bits per heavy atom. The summed E-state index contributed by atoms with van der Waals surface area (Å²) >= 11 is 6.07. The van der Waals surface area contributed by atoms with E-state index in [2.05, 4.69) is 0 Å². The standard InChI is InChI=1S/C15H9ClO4/c16-11-4-2-1-3-8(11)10-7-20-15-9(13(10)18)5-6-12(17)14(15)19/h1-7,17,19H. The van der Waals surface area contributed by atoms with Crippen molar-refractivity contribution in [1.29, 1.82) is 0 Å². The number of phenolic OH excluding ortho intramolecular Hbond substituents is 2. The summed E-state index contributed by atoms with van der Waals surface area (Å²) in [4.78, 5) is 12.4. The third kappa shape index (κ3) is 1.82. The van der Waals surface area contributed by atoms with Gasteiger partial charge in [-0.3, -0.25) is 4.79 Å². The lowest BCUT2D eigenvalue weighted by Gasteiger charge is -2.06. The van der Waals surface area contributed by atoms with Crippen LogP contribution in [-0.2, 0) is 0 Å². The molecule has 0 fully saturated rings. The largest absolute Gasteiger partial charge is 0.504 e. The van der Waals surface area contributed by atoms with Crippen molar-refractivity contribution in [1.82, 2.24) is 0 Å². The average Bonchev–Trinajstić information content (AvgIpc) is 2.45. The summed E-state index contributed by atoms with van der Waals surface area (Å²) in [6.45, 7) is 0. The fraction of sp³-hybridized carbons (Fsp3) is 0. The molecule has 0 spiro atoms. The summed E-state index contributed by atoms with van der Waals surface area (Å²) in [5.74, 6) is -0.795. The van der Waals surface area contributed by atoms with Crippen molar-refractivity contribution >= 4 is 22.6 Å². The van der Waals surface area contributed by atoms with Crippen LogP contribution in [0.5, 0.6) is 11.5 Å². The zero-order valence-electron chi connectivity index (χ0n) is 10.1. The van der Waals surface area contributed by atoms with Crippen LogP contribution in [0, 0.1) is 0 Å². The average molecular weight is 289 g/mol. The molecule has 0 aliphatic carbocycles. The van der Waals surface area contributed by atoms with E-state index >= 15 is 0 Å². The molecule has 0 aliphatic heterocycles. The minimum absolute atomic E-state index is 0.0502. The van der Waals surface area contributed by atoms with Gasteiger partial charge in [0.1, 0.15) is 6.26 Å². The number of hydrogen-bond donors (Lipinski definition) is 2. The number of phenols is 2. The van der Waals surface area contributed by atoms with E-state index in [4.69, 9.17) is 16.0 Å². The smallest absolute Gasteiger partial charge is 0.201 e. The normalized spacial score (nSPS) is 10.8. The fourth-order valence-corrected chi connectivity index (χ4v) is 2.28. The van der Waals surface area contributed by atoms with Gasteiger partial charge in [0.15, 0.2) is 11.3 Å². The van der Waals surface area contributed by atoms with Crippen molar-refractivity contribution in [3.8, 4) is 22.6 Å². The molecule has 0 bridgehead atoms. The number of fused-ring (bicyclic) bond motifs is 1. The van der Waals surface area contributed by atoms with Crippen LogP contribution in [0.2, 0.25) is 5.02 Å². The molecule has 0 atom stereocenters. The highest BCUT2D eigenvalue weighted by Crippen LogP contribution is 2.34. The first kappa shape index (κ1) is 12.6. The molecule has 0 saturated heterocycles. The molecule has 0 unspecified atom stereocenters. The van der Waals surface area contributed by atoms with Gasteiger partial charge in [-0.2, -0.15) is 0 Å². The first-order chi connectivity index (χ1) is 9.59. The van der Waals surface area contributed by atoms with Crippen molar-refractivity contribution in [2.24, 2.45) is 0 Å². The Morgan fingerprint density at radius 1 is 1.00 bits per heavy atom. The quantitative estimate of drug-likeness (QED) is 0.672. The molecule has 3 aromatic rings. The molecule has 2 aromatic carbocycles. The summed E-state index contributed by atoms with van der Waals surface area (Å²) < 4.78 is 5.28. The van der Waals surface area contributed by atoms with Gasteiger partial charge in [0.2, 0.25) is 11.2 Å². The van der Waals surface area contributed by atoms with Crippen molar-refractivity contribution < 1.29 is 14.6 Å². The van der Waals surface area contributed by atoms with Gasteiger partial charge in [-0.05, 0) is 18.2 Å². The first-order valence-electron chi connectivity index (χ1n) is 5.81. The Kier molecular flexibility index (Phi) is 2.88. The van der Waals surface area contributed by atoms with Gasteiger partial charge in [0.05, 0.1) is 10.9 Å². The second-order valence-electron chi connectivity index (χ2n) is 4.27. The maximum atomic E-state index is 12.4. The molecule has 2 N–H and O–H groups in total. The molecule has 4 nitrogen and oxygen atoms in total. The summed E-state index contributed by atoms with van der Waals surface area (Å²) in [6.07, 6.45) is 1.23. The Hall–Kier alpha value is -2.46. The second-order valence-corrected chi connectivity index (χ2v) is 4.68. The summed E-state index contributed by atoms with van der Waals surface area (Å²) in [5, 5.41) is 19.7. The predicted octanol–water partition coefficient (Wildman–Crippen LogP) is 3.52. The maximum absolute atomic E-state index is 12.4. The van der Waals surface area contributed by atoms with Crippen LogP contribution < -0.4 is 5.43 Å². The van der Waals surface area contributed by atoms with Crippen molar-refractivity contribution in [3.05, 3.63) is 57.9 Å². The van der Waals surface area contributed by atoms with Gasteiger partial charge in [-0.25, -0.2) is 0 Å². The molecular formula is C15H9ClO4. The van der Waals surface area contributed by atoms with E-state index in [1.807, 2.05) is 0 Å². The van der Waals surface area contributed by atoms with Crippen LogP contribution in [0.1, 0.15) is 0 Å². The summed E-state index contributed by atoms with van der Waals surface area (Å²) in [5.41, 5.74) is 0.478.